The van der Waals surface area contributed by atoms with Crippen LogP contribution in [0.4, 0.5) is 0 Å². The molecule has 2 heteroatoms. The van der Waals surface area contributed by atoms with Crippen LogP contribution in [-0.4, -0.2) is 18.8 Å². The molecule has 0 unspecified atom stereocenters. The Balaban J connectivity index is 2.34. The first-order valence-electron chi connectivity index (χ1n) is 7.45. The first-order valence-corrected chi connectivity index (χ1v) is 7.45. The van der Waals surface area contributed by atoms with Gasteiger partial charge in [-0.15, -0.1) is 0 Å². The van der Waals surface area contributed by atoms with E-state index in [1.807, 2.05) is 0 Å². The van der Waals surface area contributed by atoms with Crippen LogP contribution < -0.4 is 5.73 Å². The van der Waals surface area contributed by atoms with E-state index in [2.05, 4.69) is 45.0 Å². The van der Waals surface area contributed by atoms with Crippen LogP contribution in [0, 0.1) is 6.92 Å². The molecule has 1 heterocycles. The Morgan fingerprint density at radius 3 is 2.53 bits per heavy atom. The lowest BCUT2D eigenvalue weighted by Crippen LogP contribution is -2.46. The minimum atomic E-state index is -0.00168. The van der Waals surface area contributed by atoms with Gasteiger partial charge in [-0.1, -0.05) is 36.8 Å². The number of benzene rings is 1. The number of hydrogen-bond donors (Lipinski definition) is 1. The highest BCUT2D eigenvalue weighted by Gasteiger charge is 2.42. The molecule has 1 fully saturated rings. The normalized spacial score (nSPS) is 31.4. The third kappa shape index (κ3) is 3.01. The van der Waals surface area contributed by atoms with Crippen molar-refractivity contribution in [3.8, 4) is 0 Å². The lowest BCUT2D eigenvalue weighted by Gasteiger charge is -2.46. The summed E-state index contributed by atoms with van der Waals surface area (Å²) < 4.78 is 6.02. The van der Waals surface area contributed by atoms with Crippen molar-refractivity contribution in [1.29, 1.82) is 0 Å². The Bertz CT molecular complexity index is 410. The quantitative estimate of drug-likeness (QED) is 0.899. The highest BCUT2D eigenvalue weighted by molar-refractivity contribution is 5.30. The van der Waals surface area contributed by atoms with Crippen molar-refractivity contribution < 1.29 is 4.74 Å². The van der Waals surface area contributed by atoms with Crippen molar-refractivity contribution in [2.75, 3.05) is 13.2 Å². The first kappa shape index (κ1) is 14.5. The number of aryl methyl sites for hydroxylation is 1. The summed E-state index contributed by atoms with van der Waals surface area (Å²) in [4.78, 5) is 0. The third-order valence-electron chi connectivity index (χ3n) is 4.78. The van der Waals surface area contributed by atoms with Gasteiger partial charge in [0.15, 0.2) is 0 Å². The lowest BCUT2D eigenvalue weighted by molar-refractivity contribution is -0.0976. The van der Waals surface area contributed by atoms with Gasteiger partial charge >= 0.3 is 0 Å². The molecule has 0 aromatic heterocycles. The lowest BCUT2D eigenvalue weighted by atomic mass is 9.66. The molecule has 19 heavy (non-hydrogen) atoms. The minimum absolute atomic E-state index is 0.00168. The maximum absolute atomic E-state index is 6.02. The summed E-state index contributed by atoms with van der Waals surface area (Å²) >= 11 is 0. The van der Waals surface area contributed by atoms with Crippen LogP contribution in [0.5, 0.6) is 0 Å². The topological polar surface area (TPSA) is 35.2 Å². The fourth-order valence-corrected chi connectivity index (χ4v) is 3.36. The second-order valence-electron chi connectivity index (χ2n) is 6.26. The average molecular weight is 261 g/mol. The van der Waals surface area contributed by atoms with E-state index in [0.29, 0.717) is 0 Å². The summed E-state index contributed by atoms with van der Waals surface area (Å²) in [5, 5.41) is 0. The van der Waals surface area contributed by atoms with Gasteiger partial charge in [0, 0.05) is 12.0 Å². The van der Waals surface area contributed by atoms with Gasteiger partial charge in [-0.05, 0) is 51.6 Å². The van der Waals surface area contributed by atoms with Gasteiger partial charge in [-0.2, -0.15) is 0 Å². The van der Waals surface area contributed by atoms with E-state index < -0.39 is 0 Å². The summed E-state index contributed by atoms with van der Waals surface area (Å²) in [6, 6.07) is 9.00. The van der Waals surface area contributed by atoms with E-state index in [0.717, 1.165) is 38.8 Å². The monoisotopic (exact) mass is 261 g/mol. The number of hydrogen-bond acceptors (Lipinski definition) is 2. The summed E-state index contributed by atoms with van der Waals surface area (Å²) in [5.74, 6) is 0. The van der Waals surface area contributed by atoms with Crippen LogP contribution in [0.1, 0.15) is 50.7 Å². The van der Waals surface area contributed by atoms with Gasteiger partial charge in [0.25, 0.3) is 0 Å². The minimum Gasteiger partial charge on any atom is -0.375 e. The molecule has 2 atom stereocenters. The molecule has 0 radical (unpaired) electrons. The molecule has 2 rings (SSSR count). The second-order valence-corrected chi connectivity index (χ2v) is 6.26. The molecule has 1 saturated heterocycles. The van der Waals surface area contributed by atoms with Crippen LogP contribution in [0.15, 0.2) is 24.3 Å². The van der Waals surface area contributed by atoms with Gasteiger partial charge in [0.1, 0.15) is 0 Å². The van der Waals surface area contributed by atoms with E-state index >= 15 is 0 Å². The summed E-state index contributed by atoms with van der Waals surface area (Å²) in [6.07, 6.45) is 4.28. The molecule has 0 bridgehead atoms. The van der Waals surface area contributed by atoms with Gasteiger partial charge in [-0.3, -0.25) is 0 Å². The average Bonchev–Trinajstić information content (AvgIpc) is 2.40. The van der Waals surface area contributed by atoms with Gasteiger partial charge in [0.05, 0.1) is 5.60 Å². The zero-order valence-corrected chi connectivity index (χ0v) is 12.5. The number of nitrogens with two attached hydrogens (primary N) is 1. The van der Waals surface area contributed by atoms with E-state index in [-0.39, 0.29) is 11.0 Å². The van der Waals surface area contributed by atoms with Gasteiger partial charge in [-0.25, -0.2) is 0 Å². The van der Waals surface area contributed by atoms with E-state index in [4.69, 9.17) is 10.5 Å². The molecule has 1 aliphatic heterocycles. The Morgan fingerprint density at radius 1 is 1.26 bits per heavy atom. The largest absolute Gasteiger partial charge is 0.375 e. The molecule has 2 N–H and O–H groups in total. The highest BCUT2D eigenvalue weighted by atomic mass is 16.5. The number of ether oxygens (including phenoxy) is 1. The van der Waals surface area contributed by atoms with Crippen molar-refractivity contribution in [2.24, 2.45) is 5.73 Å². The molecule has 0 spiro atoms. The van der Waals surface area contributed by atoms with Crippen molar-refractivity contribution >= 4 is 0 Å². The zero-order chi connectivity index (χ0) is 13.9. The van der Waals surface area contributed by atoms with Crippen molar-refractivity contribution in [2.45, 2.75) is 57.5 Å². The van der Waals surface area contributed by atoms with Crippen LogP contribution in [0.25, 0.3) is 0 Å². The molecule has 1 aliphatic rings. The second kappa shape index (κ2) is 5.64. The van der Waals surface area contributed by atoms with Crippen LogP contribution >= 0.6 is 0 Å². The van der Waals surface area contributed by atoms with Crippen LogP contribution in [-0.2, 0) is 10.2 Å². The molecule has 0 saturated carbocycles. The molecule has 106 valence electrons. The first-order chi connectivity index (χ1) is 9.03. The fourth-order valence-electron chi connectivity index (χ4n) is 3.36. The highest BCUT2D eigenvalue weighted by Crippen LogP contribution is 2.44. The Labute approximate surface area is 117 Å². The summed E-state index contributed by atoms with van der Waals surface area (Å²) in [5.41, 5.74) is 8.85. The standard InChI is InChI=1S/C17H27NO/c1-4-16(3)13-17(9-11-18,10-12-19-16)15-7-5-14(2)6-8-15/h5-8H,4,9-13,18H2,1-3H3/t16-,17+/m1/s1. The Kier molecular flexibility index (Phi) is 4.32. The predicted molar refractivity (Wildman–Crippen MR) is 80.4 cm³/mol. The maximum atomic E-state index is 6.02. The predicted octanol–water partition coefficient (Wildman–Crippen LogP) is 3.56. The maximum Gasteiger partial charge on any atom is 0.0660 e. The van der Waals surface area contributed by atoms with E-state index in [9.17, 15) is 0 Å². The smallest absolute Gasteiger partial charge is 0.0660 e. The fraction of sp³-hybridized carbons (Fsp3) is 0.647. The Hall–Kier alpha value is -0.860. The summed E-state index contributed by atoms with van der Waals surface area (Å²) in [7, 11) is 0. The molecule has 0 amide bonds. The summed E-state index contributed by atoms with van der Waals surface area (Å²) in [6.45, 7) is 8.19. The van der Waals surface area contributed by atoms with Crippen LogP contribution in [0.3, 0.4) is 0 Å². The molecular formula is C17H27NO. The molecule has 2 nitrogen and oxygen atoms in total. The van der Waals surface area contributed by atoms with Gasteiger partial charge in [0.2, 0.25) is 0 Å². The van der Waals surface area contributed by atoms with Gasteiger partial charge < -0.3 is 10.5 Å². The van der Waals surface area contributed by atoms with E-state index in [1.54, 1.807) is 0 Å². The third-order valence-corrected chi connectivity index (χ3v) is 4.78. The molecule has 1 aromatic rings. The van der Waals surface area contributed by atoms with Crippen LogP contribution in [0.2, 0.25) is 0 Å². The molecular weight excluding hydrogens is 234 g/mol. The Morgan fingerprint density at radius 2 is 1.95 bits per heavy atom. The SMILES string of the molecule is CC[C@]1(C)C[C@@](CCN)(c2ccc(C)cc2)CCO1. The van der Waals surface area contributed by atoms with Crippen molar-refractivity contribution in [3.63, 3.8) is 0 Å². The molecule has 1 aromatic carbocycles. The van der Waals surface area contributed by atoms with Crippen molar-refractivity contribution in [3.05, 3.63) is 35.4 Å². The van der Waals surface area contributed by atoms with E-state index in [1.165, 1.54) is 11.1 Å². The zero-order valence-electron chi connectivity index (χ0n) is 12.5. The number of rotatable bonds is 4. The van der Waals surface area contributed by atoms with Crippen molar-refractivity contribution in [1.82, 2.24) is 0 Å². The molecule has 0 aliphatic carbocycles.